The van der Waals surface area contributed by atoms with Crippen molar-refractivity contribution in [1.29, 1.82) is 0 Å². The first-order valence-electron chi connectivity index (χ1n) is 7.92. The molecule has 0 aromatic heterocycles. The lowest BCUT2D eigenvalue weighted by atomic mass is 9.91. The third kappa shape index (κ3) is 3.48. The van der Waals surface area contributed by atoms with E-state index in [1.807, 2.05) is 0 Å². The minimum Gasteiger partial charge on any atom is -0.481 e. The Morgan fingerprint density at radius 3 is 2.26 bits per heavy atom. The molecule has 0 spiro atoms. The van der Waals surface area contributed by atoms with Gasteiger partial charge in [-0.05, 0) is 57.5 Å². The Labute approximate surface area is 115 Å². The normalized spacial score (nSPS) is 30.8. The van der Waals surface area contributed by atoms with E-state index >= 15 is 0 Å². The van der Waals surface area contributed by atoms with Gasteiger partial charge in [0.05, 0.1) is 0 Å². The molecule has 3 fully saturated rings. The fourth-order valence-corrected chi connectivity index (χ4v) is 3.77. The van der Waals surface area contributed by atoms with E-state index < -0.39 is 5.97 Å². The van der Waals surface area contributed by atoms with Gasteiger partial charge in [-0.3, -0.25) is 14.6 Å². The number of carboxylic acids is 1. The first-order valence-corrected chi connectivity index (χ1v) is 7.92. The molecule has 1 aliphatic carbocycles. The number of rotatable bonds is 5. The summed E-state index contributed by atoms with van der Waals surface area (Å²) in [5, 5.41) is 8.74. The van der Waals surface area contributed by atoms with Crippen LogP contribution in [0.5, 0.6) is 0 Å². The summed E-state index contributed by atoms with van der Waals surface area (Å²) in [5.74, 6) is 0.00610. The Balaban J connectivity index is 1.39. The highest BCUT2D eigenvalue weighted by molar-refractivity contribution is 5.66. The first kappa shape index (κ1) is 13.4. The third-order valence-corrected chi connectivity index (χ3v) is 5.19. The highest BCUT2D eigenvalue weighted by Gasteiger charge is 2.37. The maximum absolute atomic E-state index is 10.6. The summed E-state index contributed by atoms with van der Waals surface area (Å²) in [6, 6.07) is 1.69. The predicted molar refractivity (Wildman–Crippen MR) is 74.2 cm³/mol. The first-order chi connectivity index (χ1) is 9.22. The molecule has 3 rings (SSSR count). The number of likely N-dealkylation sites (tertiary alicyclic amines) is 2. The molecule has 0 radical (unpaired) electrons. The van der Waals surface area contributed by atoms with Crippen LogP contribution in [0.4, 0.5) is 0 Å². The van der Waals surface area contributed by atoms with Crippen molar-refractivity contribution in [2.45, 2.75) is 57.0 Å². The smallest absolute Gasteiger partial charge is 0.303 e. The molecule has 2 heterocycles. The average Bonchev–Trinajstić information content (AvgIpc) is 3.15. The van der Waals surface area contributed by atoms with Crippen molar-refractivity contribution in [2.24, 2.45) is 5.92 Å². The van der Waals surface area contributed by atoms with Crippen LogP contribution in [0.25, 0.3) is 0 Å². The summed E-state index contributed by atoms with van der Waals surface area (Å²) in [4.78, 5) is 16.0. The van der Waals surface area contributed by atoms with Gasteiger partial charge in [-0.15, -0.1) is 0 Å². The minimum absolute atomic E-state index is 0.351. The molecule has 3 aliphatic rings. The van der Waals surface area contributed by atoms with Crippen LogP contribution in [-0.4, -0.2) is 59.1 Å². The second kappa shape index (κ2) is 5.80. The van der Waals surface area contributed by atoms with E-state index in [4.69, 9.17) is 5.11 Å². The van der Waals surface area contributed by atoms with Gasteiger partial charge < -0.3 is 5.11 Å². The van der Waals surface area contributed by atoms with Gasteiger partial charge in [0.15, 0.2) is 0 Å². The summed E-state index contributed by atoms with van der Waals surface area (Å²) in [6.45, 7) is 4.96. The lowest BCUT2D eigenvalue weighted by Crippen LogP contribution is -2.43. The molecule has 0 bridgehead atoms. The Morgan fingerprint density at radius 2 is 1.63 bits per heavy atom. The molecule has 1 saturated carbocycles. The van der Waals surface area contributed by atoms with Gasteiger partial charge in [0, 0.05) is 31.6 Å². The lowest BCUT2D eigenvalue weighted by molar-refractivity contribution is -0.137. The number of carboxylic acid groups (broad SMARTS) is 1. The van der Waals surface area contributed by atoms with Crippen molar-refractivity contribution in [1.82, 2.24) is 9.80 Å². The second-order valence-electron chi connectivity index (χ2n) is 6.58. The molecule has 2 saturated heterocycles. The van der Waals surface area contributed by atoms with E-state index in [-0.39, 0.29) is 0 Å². The number of hydrogen-bond donors (Lipinski definition) is 1. The fraction of sp³-hybridized carbons (Fsp3) is 0.933. The maximum Gasteiger partial charge on any atom is 0.303 e. The predicted octanol–water partition coefficient (Wildman–Crippen LogP) is 1.80. The molecular formula is C15H26N2O2. The van der Waals surface area contributed by atoms with Gasteiger partial charge in [0.2, 0.25) is 0 Å². The monoisotopic (exact) mass is 266 g/mol. The third-order valence-electron chi connectivity index (χ3n) is 5.19. The summed E-state index contributed by atoms with van der Waals surface area (Å²) in [7, 11) is 0. The van der Waals surface area contributed by atoms with Crippen molar-refractivity contribution >= 4 is 5.97 Å². The van der Waals surface area contributed by atoms with Crippen LogP contribution in [-0.2, 0) is 4.79 Å². The number of piperidine rings is 1. The van der Waals surface area contributed by atoms with Crippen molar-refractivity contribution < 1.29 is 9.90 Å². The van der Waals surface area contributed by atoms with E-state index in [0.29, 0.717) is 12.3 Å². The second-order valence-corrected chi connectivity index (χ2v) is 6.58. The molecular weight excluding hydrogens is 240 g/mol. The van der Waals surface area contributed by atoms with Gasteiger partial charge in [0.25, 0.3) is 0 Å². The van der Waals surface area contributed by atoms with Gasteiger partial charge in [-0.25, -0.2) is 0 Å². The number of hydrogen-bond acceptors (Lipinski definition) is 3. The highest BCUT2D eigenvalue weighted by Crippen LogP contribution is 2.32. The fourth-order valence-electron chi connectivity index (χ4n) is 3.77. The average molecular weight is 266 g/mol. The lowest BCUT2D eigenvalue weighted by Gasteiger charge is -2.36. The van der Waals surface area contributed by atoms with E-state index in [1.165, 1.54) is 58.3 Å². The number of carbonyl (C=O) groups is 1. The van der Waals surface area contributed by atoms with Crippen LogP contribution >= 0.6 is 0 Å². The van der Waals surface area contributed by atoms with Crippen molar-refractivity contribution in [3.63, 3.8) is 0 Å². The zero-order valence-electron chi connectivity index (χ0n) is 11.8. The summed E-state index contributed by atoms with van der Waals surface area (Å²) < 4.78 is 0. The van der Waals surface area contributed by atoms with E-state index in [2.05, 4.69) is 9.80 Å². The number of aliphatic carboxylic acids is 1. The molecule has 4 heteroatoms. The van der Waals surface area contributed by atoms with Gasteiger partial charge >= 0.3 is 5.97 Å². The Bertz CT molecular complexity index is 322. The van der Waals surface area contributed by atoms with Crippen LogP contribution in [0.3, 0.4) is 0 Å². The summed E-state index contributed by atoms with van der Waals surface area (Å²) in [5.41, 5.74) is 0. The Hall–Kier alpha value is -0.610. The summed E-state index contributed by atoms with van der Waals surface area (Å²) in [6.07, 6.45) is 7.82. The van der Waals surface area contributed by atoms with Gasteiger partial charge in [0.1, 0.15) is 0 Å². The Morgan fingerprint density at radius 1 is 0.947 bits per heavy atom. The zero-order valence-corrected chi connectivity index (χ0v) is 11.8. The van der Waals surface area contributed by atoms with Crippen LogP contribution in [0.2, 0.25) is 0 Å². The maximum atomic E-state index is 10.6. The van der Waals surface area contributed by atoms with Gasteiger partial charge in [-0.2, -0.15) is 0 Å². The molecule has 1 atom stereocenters. The molecule has 1 unspecified atom stereocenters. The van der Waals surface area contributed by atoms with Crippen molar-refractivity contribution in [3.8, 4) is 0 Å². The Kier molecular flexibility index (Phi) is 4.08. The molecule has 0 amide bonds. The van der Waals surface area contributed by atoms with E-state index in [0.717, 1.165) is 18.5 Å². The molecule has 0 aromatic rings. The van der Waals surface area contributed by atoms with Crippen LogP contribution in [0.1, 0.15) is 44.9 Å². The SMILES string of the molecule is O=C(O)CCC1CCN(C2CCN(C3CC3)C2)CC1. The van der Waals surface area contributed by atoms with Crippen LogP contribution < -0.4 is 0 Å². The van der Waals surface area contributed by atoms with Crippen LogP contribution in [0.15, 0.2) is 0 Å². The van der Waals surface area contributed by atoms with Crippen LogP contribution in [0, 0.1) is 5.92 Å². The molecule has 0 aromatic carbocycles. The summed E-state index contributed by atoms with van der Waals surface area (Å²) >= 11 is 0. The minimum atomic E-state index is -0.640. The zero-order chi connectivity index (χ0) is 13.2. The molecule has 1 N–H and O–H groups in total. The van der Waals surface area contributed by atoms with E-state index in [9.17, 15) is 4.79 Å². The number of nitrogens with zero attached hydrogens (tertiary/aromatic N) is 2. The largest absolute Gasteiger partial charge is 0.481 e. The van der Waals surface area contributed by atoms with Crippen molar-refractivity contribution in [2.75, 3.05) is 26.2 Å². The molecule has 4 nitrogen and oxygen atoms in total. The van der Waals surface area contributed by atoms with Gasteiger partial charge in [-0.1, -0.05) is 0 Å². The standard InChI is InChI=1S/C15H26N2O2/c18-15(19)4-1-12-5-8-16(9-6-12)14-7-10-17(11-14)13-2-3-13/h12-14H,1-11H2,(H,18,19). The highest BCUT2D eigenvalue weighted by atomic mass is 16.4. The topological polar surface area (TPSA) is 43.8 Å². The molecule has 2 aliphatic heterocycles. The quantitative estimate of drug-likeness (QED) is 0.824. The van der Waals surface area contributed by atoms with E-state index in [1.54, 1.807) is 0 Å². The molecule has 19 heavy (non-hydrogen) atoms. The molecule has 108 valence electrons. The van der Waals surface area contributed by atoms with Crippen molar-refractivity contribution in [3.05, 3.63) is 0 Å².